The second-order valence-electron chi connectivity index (χ2n) is 6.85. The summed E-state index contributed by atoms with van der Waals surface area (Å²) < 4.78 is 15.0. The lowest BCUT2D eigenvalue weighted by Gasteiger charge is -2.30. The van der Waals surface area contributed by atoms with Gasteiger partial charge in [-0.15, -0.1) is 11.3 Å². The van der Waals surface area contributed by atoms with Crippen LogP contribution in [0.1, 0.15) is 47.2 Å². The normalized spacial score (nSPS) is 22.6. The van der Waals surface area contributed by atoms with E-state index in [4.69, 9.17) is 5.73 Å². The SMILES string of the molecule is Cc1csc(-c2nc(N[C@@H]3CCCC[C@@H]3N)c(F)c3c2C(=O)NC3)c1. The summed E-state index contributed by atoms with van der Waals surface area (Å²) in [7, 11) is 0. The number of hydrogen-bond acceptors (Lipinski definition) is 5. The Balaban J connectivity index is 1.79. The molecule has 1 amide bonds. The molecule has 1 aliphatic heterocycles. The number of pyridine rings is 1. The molecule has 1 aliphatic carbocycles. The molecule has 2 aromatic rings. The predicted octanol–water partition coefficient (Wildman–Crippen LogP) is 3.18. The van der Waals surface area contributed by atoms with Crippen molar-refractivity contribution in [3.8, 4) is 10.6 Å². The molecule has 3 heterocycles. The fraction of sp³-hybridized carbons (Fsp3) is 0.444. The minimum atomic E-state index is -0.442. The maximum Gasteiger partial charge on any atom is 0.254 e. The quantitative estimate of drug-likeness (QED) is 0.785. The molecule has 0 radical (unpaired) electrons. The van der Waals surface area contributed by atoms with E-state index in [1.54, 1.807) is 0 Å². The number of anilines is 1. The Labute approximate surface area is 149 Å². The zero-order valence-electron chi connectivity index (χ0n) is 14.1. The number of nitrogens with one attached hydrogen (secondary N) is 2. The highest BCUT2D eigenvalue weighted by molar-refractivity contribution is 7.13. The summed E-state index contributed by atoms with van der Waals surface area (Å²) >= 11 is 1.51. The van der Waals surface area contributed by atoms with Crippen LogP contribution >= 0.6 is 11.3 Å². The van der Waals surface area contributed by atoms with E-state index in [1.807, 2.05) is 18.4 Å². The number of carbonyl (C=O) groups excluding carboxylic acids is 1. The van der Waals surface area contributed by atoms with E-state index < -0.39 is 5.82 Å². The van der Waals surface area contributed by atoms with Gasteiger partial charge in [-0.1, -0.05) is 12.8 Å². The van der Waals surface area contributed by atoms with Crippen LogP contribution in [0.2, 0.25) is 0 Å². The number of aryl methyl sites for hydroxylation is 1. The number of fused-ring (bicyclic) bond motifs is 1. The average molecular weight is 360 g/mol. The van der Waals surface area contributed by atoms with Gasteiger partial charge in [0, 0.05) is 24.2 Å². The smallest absolute Gasteiger partial charge is 0.254 e. The molecule has 0 spiro atoms. The predicted molar refractivity (Wildman–Crippen MR) is 97.3 cm³/mol. The van der Waals surface area contributed by atoms with Crippen LogP contribution in [0.15, 0.2) is 11.4 Å². The number of aromatic nitrogens is 1. The first kappa shape index (κ1) is 16.5. The molecule has 2 aromatic heterocycles. The zero-order valence-corrected chi connectivity index (χ0v) is 14.9. The van der Waals surface area contributed by atoms with E-state index in [0.29, 0.717) is 16.8 Å². The fourth-order valence-corrected chi connectivity index (χ4v) is 4.52. The summed E-state index contributed by atoms with van der Waals surface area (Å²) in [6, 6.07) is 1.99. The zero-order chi connectivity index (χ0) is 17.6. The van der Waals surface area contributed by atoms with Gasteiger partial charge in [-0.25, -0.2) is 9.37 Å². The summed E-state index contributed by atoms with van der Waals surface area (Å²) in [5, 5.41) is 7.93. The van der Waals surface area contributed by atoms with Crippen molar-refractivity contribution in [2.75, 3.05) is 5.32 Å². The van der Waals surface area contributed by atoms with Crippen molar-refractivity contribution >= 4 is 23.1 Å². The molecule has 4 N–H and O–H groups in total. The largest absolute Gasteiger partial charge is 0.363 e. The van der Waals surface area contributed by atoms with Crippen molar-refractivity contribution in [3.63, 3.8) is 0 Å². The highest BCUT2D eigenvalue weighted by Gasteiger charge is 2.32. The second-order valence-corrected chi connectivity index (χ2v) is 7.76. The van der Waals surface area contributed by atoms with Crippen LogP contribution in [0, 0.1) is 12.7 Å². The van der Waals surface area contributed by atoms with E-state index in [-0.39, 0.29) is 30.4 Å². The van der Waals surface area contributed by atoms with Gasteiger partial charge in [-0.2, -0.15) is 0 Å². The van der Waals surface area contributed by atoms with Gasteiger partial charge in [0.15, 0.2) is 11.6 Å². The maximum atomic E-state index is 15.0. The number of rotatable bonds is 3. The molecule has 1 saturated carbocycles. The van der Waals surface area contributed by atoms with Crippen LogP contribution in [0.3, 0.4) is 0 Å². The highest BCUT2D eigenvalue weighted by Crippen LogP contribution is 2.36. The molecular weight excluding hydrogens is 339 g/mol. The molecule has 0 unspecified atom stereocenters. The van der Waals surface area contributed by atoms with E-state index in [9.17, 15) is 9.18 Å². The van der Waals surface area contributed by atoms with Crippen molar-refractivity contribution in [2.45, 2.75) is 51.2 Å². The molecule has 1 fully saturated rings. The molecule has 0 saturated heterocycles. The number of nitrogens with two attached hydrogens (primary N) is 1. The number of carbonyl (C=O) groups is 1. The number of thiophene rings is 1. The highest BCUT2D eigenvalue weighted by atomic mass is 32.1. The lowest BCUT2D eigenvalue weighted by molar-refractivity contribution is 0.0966. The summed E-state index contributed by atoms with van der Waals surface area (Å²) in [5.74, 6) is -0.495. The van der Waals surface area contributed by atoms with Crippen molar-refractivity contribution < 1.29 is 9.18 Å². The van der Waals surface area contributed by atoms with Crippen LogP contribution in [0.5, 0.6) is 0 Å². The average Bonchev–Trinajstić information content (AvgIpc) is 3.19. The van der Waals surface area contributed by atoms with E-state index >= 15 is 0 Å². The standard InChI is InChI=1S/C18H21FN4OS/c1-9-6-13(25-8-9)16-14-10(7-21-18(14)24)15(19)17(23-16)22-12-5-3-2-4-11(12)20/h6,8,11-12H,2-5,7,20H2,1H3,(H,21,24)(H,22,23)/t11-,12+/m0/s1. The van der Waals surface area contributed by atoms with Gasteiger partial charge < -0.3 is 16.4 Å². The third-order valence-electron chi connectivity index (χ3n) is 4.99. The van der Waals surface area contributed by atoms with E-state index in [1.165, 1.54) is 11.3 Å². The molecule has 0 aromatic carbocycles. The van der Waals surface area contributed by atoms with Crippen LogP contribution in [-0.2, 0) is 6.54 Å². The number of hydrogen-bond donors (Lipinski definition) is 3. The number of nitrogens with zero attached hydrogens (tertiary/aromatic N) is 1. The summed E-state index contributed by atoms with van der Waals surface area (Å²) in [6.45, 7) is 2.19. The van der Waals surface area contributed by atoms with Crippen molar-refractivity contribution in [1.29, 1.82) is 0 Å². The molecule has 4 rings (SSSR count). The summed E-state index contributed by atoms with van der Waals surface area (Å²) in [4.78, 5) is 17.6. The summed E-state index contributed by atoms with van der Waals surface area (Å²) in [6.07, 6.45) is 4.03. The van der Waals surface area contributed by atoms with Gasteiger partial charge in [0.05, 0.1) is 16.1 Å². The van der Waals surface area contributed by atoms with Crippen LogP contribution in [-0.4, -0.2) is 23.0 Å². The second kappa shape index (κ2) is 6.38. The molecule has 2 aliphatic rings. The fourth-order valence-electron chi connectivity index (χ4n) is 3.62. The lowest BCUT2D eigenvalue weighted by Crippen LogP contribution is -2.43. The lowest BCUT2D eigenvalue weighted by atomic mass is 9.91. The monoisotopic (exact) mass is 360 g/mol. The van der Waals surface area contributed by atoms with Gasteiger partial charge in [0.25, 0.3) is 5.91 Å². The van der Waals surface area contributed by atoms with Crippen LogP contribution < -0.4 is 16.4 Å². The Hall–Kier alpha value is -1.99. The first-order chi connectivity index (χ1) is 12.0. The Morgan fingerprint density at radius 2 is 2.20 bits per heavy atom. The van der Waals surface area contributed by atoms with Gasteiger partial charge in [-0.3, -0.25) is 4.79 Å². The molecule has 5 nitrogen and oxygen atoms in total. The first-order valence-electron chi connectivity index (χ1n) is 8.63. The van der Waals surface area contributed by atoms with Crippen molar-refractivity contribution in [3.05, 3.63) is 34.0 Å². The topological polar surface area (TPSA) is 80.0 Å². The number of halogens is 1. The van der Waals surface area contributed by atoms with Gasteiger partial charge in [0.2, 0.25) is 0 Å². The minimum Gasteiger partial charge on any atom is -0.363 e. The third kappa shape index (κ3) is 2.91. The molecule has 2 atom stereocenters. The molecule has 25 heavy (non-hydrogen) atoms. The molecular formula is C18H21FN4OS. The molecule has 132 valence electrons. The minimum absolute atomic E-state index is 0.00427. The Morgan fingerprint density at radius 3 is 2.92 bits per heavy atom. The van der Waals surface area contributed by atoms with Gasteiger partial charge in [-0.05, 0) is 36.8 Å². The van der Waals surface area contributed by atoms with Crippen molar-refractivity contribution in [2.24, 2.45) is 5.73 Å². The van der Waals surface area contributed by atoms with Crippen LogP contribution in [0.25, 0.3) is 10.6 Å². The third-order valence-corrected chi connectivity index (χ3v) is 6.05. The summed E-state index contributed by atoms with van der Waals surface area (Å²) in [5.41, 5.74) is 8.59. The first-order valence-corrected chi connectivity index (χ1v) is 9.50. The van der Waals surface area contributed by atoms with E-state index in [2.05, 4.69) is 15.6 Å². The molecule has 0 bridgehead atoms. The van der Waals surface area contributed by atoms with Gasteiger partial charge in [0.1, 0.15) is 0 Å². The van der Waals surface area contributed by atoms with E-state index in [0.717, 1.165) is 36.1 Å². The van der Waals surface area contributed by atoms with Gasteiger partial charge >= 0.3 is 0 Å². The number of amides is 1. The van der Waals surface area contributed by atoms with Crippen molar-refractivity contribution in [1.82, 2.24) is 10.3 Å². The molecule has 7 heteroatoms. The maximum absolute atomic E-state index is 15.0. The Bertz CT molecular complexity index is 835. The Morgan fingerprint density at radius 1 is 1.40 bits per heavy atom. The Kier molecular flexibility index (Phi) is 4.21. The van der Waals surface area contributed by atoms with Crippen LogP contribution in [0.4, 0.5) is 10.2 Å².